The van der Waals surface area contributed by atoms with E-state index in [0.29, 0.717) is 11.6 Å². The van der Waals surface area contributed by atoms with Gasteiger partial charge in [0.05, 0.1) is 17.8 Å². The van der Waals surface area contributed by atoms with Gasteiger partial charge in [0.25, 0.3) is 5.91 Å². The fraction of sp³-hybridized carbons (Fsp3) is 0.333. The van der Waals surface area contributed by atoms with Crippen molar-refractivity contribution in [3.05, 3.63) is 53.4 Å². The van der Waals surface area contributed by atoms with E-state index in [9.17, 15) is 18.0 Å². The average Bonchev–Trinajstić information content (AvgIpc) is 3.37. The molecule has 0 unspecified atom stereocenters. The summed E-state index contributed by atoms with van der Waals surface area (Å²) < 4.78 is 37.3. The maximum absolute atomic E-state index is 12.4. The summed E-state index contributed by atoms with van der Waals surface area (Å²) in [6.07, 6.45) is 0.0673. The molecule has 0 spiro atoms. The maximum atomic E-state index is 12.4. The number of aromatic nitrogens is 3. The summed E-state index contributed by atoms with van der Waals surface area (Å²) in [7, 11) is 0. The highest BCUT2D eigenvalue weighted by atomic mass is 19.4. The van der Waals surface area contributed by atoms with Gasteiger partial charge in [-0.15, -0.1) is 0 Å². The zero-order valence-electron chi connectivity index (χ0n) is 12.0. The summed E-state index contributed by atoms with van der Waals surface area (Å²) in [5, 5.41) is 2.61. The first-order valence-electron chi connectivity index (χ1n) is 7.06. The van der Waals surface area contributed by atoms with Crippen LogP contribution in [0.15, 0.2) is 30.7 Å². The smallest absolute Gasteiger partial charge is 0.346 e. The largest absolute Gasteiger partial charge is 0.433 e. The molecule has 23 heavy (non-hydrogen) atoms. The number of nitrogens with one attached hydrogen (secondary N) is 1. The number of halogens is 3. The van der Waals surface area contributed by atoms with Gasteiger partial charge < -0.3 is 5.32 Å². The topological polar surface area (TPSA) is 67.8 Å². The Morgan fingerprint density at radius 1 is 1.22 bits per heavy atom. The van der Waals surface area contributed by atoms with E-state index < -0.39 is 17.8 Å². The predicted molar refractivity (Wildman–Crippen MR) is 74.4 cm³/mol. The number of hydrogen-bond acceptors (Lipinski definition) is 4. The fourth-order valence-electron chi connectivity index (χ4n) is 2.08. The lowest BCUT2D eigenvalue weighted by Crippen LogP contribution is -2.24. The Labute approximate surface area is 130 Å². The number of pyridine rings is 1. The maximum Gasteiger partial charge on any atom is 0.433 e. The Kier molecular flexibility index (Phi) is 3.97. The minimum absolute atomic E-state index is 0.0643. The summed E-state index contributed by atoms with van der Waals surface area (Å²) in [5.74, 6) is -0.0237. The first-order chi connectivity index (χ1) is 10.9. The number of nitrogens with zero attached hydrogens (tertiary/aromatic N) is 3. The van der Waals surface area contributed by atoms with E-state index in [0.717, 1.165) is 36.9 Å². The SMILES string of the molecule is O=C(NCc1cc(C2CC2)ncn1)c1ccc(C(F)(F)F)nc1. The van der Waals surface area contributed by atoms with Crippen LogP contribution in [0.3, 0.4) is 0 Å². The van der Waals surface area contributed by atoms with E-state index in [4.69, 9.17) is 0 Å². The molecule has 1 N–H and O–H groups in total. The van der Waals surface area contributed by atoms with Crippen molar-refractivity contribution in [1.29, 1.82) is 0 Å². The predicted octanol–water partition coefficient (Wildman–Crippen LogP) is 2.70. The summed E-state index contributed by atoms with van der Waals surface area (Å²) in [6, 6.07) is 3.72. The molecule has 1 saturated carbocycles. The van der Waals surface area contributed by atoms with Crippen LogP contribution in [0.25, 0.3) is 0 Å². The van der Waals surface area contributed by atoms with Crippen LogP contribution in [0.5, 0.6) is 0 Å². The molecule has 1 aliphatic carbocycles. The summed E-state index contributed by atoms with van der Waals surface area (Å²) in [5.41, 5.74) is 0.656. The molecule has 0 bridgehead atoms. The lowest BCUT2D eigenvalue weighted by atomic mass is 10.2. The van der Waals surface area contributed by atoms with Crippen LogP contribution < -0.4 is 5.32 Å². The van der Waals surface area contributed by atoms with E-state index in [1.54, 1.807) is 0 Å². The van der Waals surface area contributed by atoms with Crippen LogP contribution in [-0.2, 0) is 12.7 Å². The molecule has 0 atom stereocenters. The molecule has 5 nitrogen and oxygen atoms in total. The minimum atomic E-state index is -4.52. The third-order valence-corrected chi connectivity index (χ3v) is 3.49. The van der Waals surface area contributed by atoms with Crippen molar-refractivity contribution in [3.63, 3.8) is 0 Å². The van der Waals surface area contributed by atoms with Crippen molar-refractivity contribution in [1.82, 2.24) is 20.3 Å². The normalized spacial score (nSPS) is 14.6. The van der Waals surface area contributed by atoms with Crippen LogP contribution in [0.4, 0.5) is 13.2 Å². The van der Waals surface area contributed by atoms with E-state index in [1.165, 1.54) is 6.33 Å². The van der Waals surface area contributed by atoms with Gasteiger partial charge in [-0.3, -0.25) is 9.78 Å². The van der Waals surface area contributed by atoms with Crippen LogP contribution in [0.1, 0.15) is 46.2 Å². The Hall–Kier alpha value is -2.51. The molecular weight excluding hydrogens is 309 g/mol. The zero-order chi connectivity index (χ0) is 16.4. The van der Waals surface area contributed by atoms with Crippen molar-refractivity contribution in [2.75, 3.05) is 0 Å². The number of hydrogen-bond donors (Lipinski definition) is 1. The quantitative estimate of drug-likeness (QED) is 0.940. The molecular formula is C15H13F3N4O. The average molecular weight is 322 g/mol. The van der Waals surface area contributed by atoms with Gasteiger partial charge in [0.2, 0.25) is 0 Å². The van der Waals surface area contributed by atoms with Gasteiger partial charge in [0.15, 0.2) is 0 Å². The molecule has 1 amide bonds. The Balaban J connectivity index is 1.62. The number of amides is 1. The standard InChI is InChI=1S/C15H13F3N4O/c16-15(17,18)13-4-3-10(6-19-13)14(23)20-7-11-5-12(9-1-2-9)22-8-21-11/h3-6,8-9H,1-2,7H2,(H,20,23). The molecule has 0 radical (unpaired) electrons. The van der Waals surface area contributed by atoms with Gasteiger partial charge in [-0.25, -0.2) is 9.97 Å². The third-order valence-electron chi connectivity index (χ3n) is 3.49. The number of carbonyl (C=O) groups excluding carboxylic acids is 1. The Morgan fingerprint density at radius 3 is 2.61 bits per heavy atom. The number of rotatable bonds is 4. The lowest BCUT2D eigenvalue weighted by molar-refractivity contribution is -0.141. The summed E-state index contributed by atoms with van der Waals surface area (Å²) >= 11 is 0. The summed E-state index contributed by atoms with van der Waals surface area (Å²) in [6.45, 7) is 0.183. The molecule has 2 aromatic rings. The molecule has 1 aliphatic rings. The molecule has 120 valence electrons. The second-order valence-corrected chi connectivity index (χ2v) is 5.32. The first kappa shape index (κ1) is 15.4. The minimum Gasteiger partial charge on any atom is -0.346 e. The van der Waals surface area contributed by atoms with Gasteiger partial charge in [0, 0.05) is 17.8 Å². The molecule has 0 aromatic carbocycles. The lowest BCUT2D eigenvalue weighted by Gasteiger charge is -2.08. The highest BCUT2D eigenvalue weighted by Gasteiger charge is 2.32. The molecule has 2 aromatic heterocycles. The van der Waals surface area contributed by atoms with Gasteiger partial charge in [-0.2, -0.15) is 13.2 Å². The highest BCUT2D eigenvalue weighted by molar-refractivity contribution is 5.93. The van der Waals surface area contributed by atoms with Crippen LogP contribution >= 0.6 is 0 Å². The Bertz CT molecular complexity index is 711. The molecule has 0 aliphatic heterocycles. The molecule has 1 fully saturated rings. The van der Waals surface area contributed by atoms with Gasteiger partial charge in [-0.1, -0.05) is 0 Å². The van der Waals surface area contributed by atoms with Crippen molar-refractivity contribution in [2.24, 2.45) is 0 Å². The monoisotopic (exact) mass is 322 g/mol. The second-order valence-electron chi connectivity index (χ2n) is 5.32. The van der Waals surface area contributed by atoms with E-state index in [2.05, 4.69) is 20.3 Å². The van der Waals surface area contributed by atoms with Gasteiger partial charge >= 0.3 is 6.18 Å². The van der Waals surface area contributed by atoms with Crippen molar-refractivity contribution in [2.45, 2.75) is 31.5 Å². The van der Waals surface area contributed by atoms with Crippen molar-refractivity contribution >= 4 is 5.91 Å². The zero-order valence-corrected chi connectivity index (χ0v) is 12.0. The van der Waals surface area contributed by atoms with Crippen LogP contribution in [0.2, 0.25) is 0 Å². The highest BCUT2D eigenvalue weighted by Crippen LogP contribution is 2.38. The molecule has 0 saturated heterocycles. The fourth-order valence-corrected chi connectivity index (χ4v) is 2.08. The first-order valence-corrected chi connectivity index (χ1v) is 7.06. The van der Waals surface area contributed by atoms with Crippen LogP contribution in [-0.4, -0.2) is 20.9 Å². The molecule has 2 heterocycles. The van der Waals surface area contributed by atoms with Gasteiger partial charge in [0.1, 0.15) is 12.0 Å². The number of alkyl halides is 3. The molecule has 8 heteroatoms. The van der Waals surface area contributed by atoms with Crippen LogP contribution in [0, 0.1) is 0 Å². The van der Waals surface area contributed by atoms with Crippen molar-refractivity contribution < 1.29 is 18.0 Å². The van der Waals surface area contributed by atoms with E-state index in [-0.39, 0.29) is 12.1 Å². The van der Waals surface area contributed by atoms with Gasteiger partial charge in [-0.05, 0) is 31.0 Å². The van der Waals surface area contributed by atoms with Crippen molar-refractivity contribution in [3.8, 4) is 0 Å². The second kappa shape index (κ2) is 5.94. The third kappa shape index (κ3) is 3.82. The van der Waals surface area contributed by atoms with E-state index >= 15 is 0 Å². The Morgan fingerprint density at radius 2 is 2.00 bits per heavy atom. The number of carbonyl (C=O) groups is 1. The molecule has 3 rings (SSSR count). The van der Waals surface area contributed by atoms with E-state index in [1.807, 2.05) is 6.07 Å². The summed E-state index contributed by atoms with van der Waals surface area (Å²) in [4.78, 5) is 23.4.